The number of thioether (sulfide) groups is 1. The lowest BCUT2D eigenvalue weighted by atomic mass is 10.1. The molecule has 1 heterocycles. The molecule has 2 rings (SSSR count). The van der Waals surface area contributed by atoms with E-state index in [0.717, 1.165) is 31.7 Å². The summed E-state index contributed by atoms with van der Waals surface area (Å²) in [6.07, 6.45) is 1.99. The van der Waals surface area contributed by atoms with Gasteiger partial charge >= 0.3 is 0 Å². The van der Waals surface area contributed by atoms with Crippen LogP contribution in [0.1, 0.15) is 12.8 Å². The summed E-state index contributed by atoms with van der Waals surface area (Å²) in [6.45, 7) is 3.09. The smallest absolute Gasteiger partial charge is 0.234 e. The summed E-state index contributed by atoms with van der Waals surface area (Å²) in [5.74, 6) is 1.02. The van der Waals surface area contributed by atoms with Gasteiger partial charge in [0.05, 0.1) is 6.54 Å². The fraction of sp³-hybridized carbons (Fsp3) is 0.533. The summed E-state index contributed by atoms with van der Waals surface area (Å²) in [5, 5.41) is 2.98. The summed E-state index contributed by atoms with van der Waals surface area (Å²) < 4.78 is 0. The van der Waals surface area contributed by atoms with Crippen molar-refractivity contribution >= 4 is 17.7 Å². The second kappa shape index (κ2) is 8.29. The molecule has 0 aromatic heterocycles. The third kappa shape index (κ3) is 5.53. The number of hydrogen-bond acceptors (Lipinski definition) is 4. The second-order valence-electron chi connectivity index (χ2n) is 5.13. The zero-order chi connectivity index (χ0) is 14.2. The van der Waals surface area contributed by atoms with Gasteiger partial charge in [0.25, 0.3) is 0 Å². The Morgan fingerprint density at radius 2 is 2.00 bits per heavy atom. The van der Waals surface area contributed by atoms with Gasteiger partial charge in [-0.2, -0.15) is 0 Å². The van der Waals surface area contributed by atoms with E-state index in [4.69, 9.17) is 5.73 Å². The minimum atomic E-state index is 0.120. The molecule has 1 saturated heterocycles. The molecule has 20 heavy (non-hydrogen) atoms. The van der Waals surface area contributed by atoms with E-state index in [1.54, 1.807) is 11.8 Å². The molecule has 0 unspecified atom stereocenters. The average molecular weight is 293 g/mol. The van der Waals surface area contributed by atoms with Gasteiger partial charge in [0.1, 0.15) is 0 Å². The number of rotatable bonds is 6. The quantitative estimate of drug-likeness (QED) is 0.613. The lowest BCUT2D eigenvalue weighted by Gasteiger charge is -2.29. The molecule has 0 radical (unpaired) electrons. The van der Waals surface area contributed by atoms with E-state index in [-0.39, 0.29) is 5.91 Å². The number of likely N-dealkylation sites (tertiary alicyclic amines) is 1. The summed E-state index contributed by atoms with van der Waals surface area (Å²) in [5.41, 5.74) is 5.85. The van der Waals surface area contributed by atoms with Gasteiger partial charge in [-0.05, 0) is 25.0 Å². The van der Waals surface area contributed by atoms with E-state index in [1.165, 1.54) is 4.90 Å². The number of nitrogens with one attached hydrogen (secondary N) is 1. The van der Waals surface area contributed by atoms with Crippen LogP contribution in [0.5, 0.6) is 0 Å². The standard InChI is InChI=1S/C15H23N3OS/c16-13-6-9-18(10-7-13)12-15(19)17-8-11-20-14-4-2-1-3-5-14/h1-5,13H,6-12,16H2,(H,17,19). The summed E-state index contributed by atoms with van der Waals surface area (Å²) in [4.78, 5) is 15.2. The Morgan fingerprint density at radius 3 is 2.70 bits per heavy atom. The van der Waals surface area contributed by atoms with Crippen molar-refractivity contribution in [3.05, 3.63) is 30.3 Å². The first-order chi connectivity index (χ1) is 9.74. The van der Waals surface area contributed by atoms with Gasteiger partial charge in [-0.1, -0.05) is 18.2 Å². The summed E-state index contributed by atoms with van der Waals surface area (Å²) in [7, 11) is 0. The lowest BCUT2D eigenvalue weighted by Crippen LogP contribution is -2.44. The van der Waals surface area contributed by atoms with Gasteiger partial charge in [0.15, 0.2) is 0 Å². The third-order valence-corrected chi connectivity index (χ3v) is 4.45. The number of carbonyl (C=O) groups is 1. The van der Waals surface area contributed by atoms with Crippen LogP contribution < -0.4 is 11.1 Å². The minimum Gasteiger partial charge on any atom is -0.354 e. The largest absolute Gasteiger partial charge is 0.354 e. The predicted molar refractivity (Wildman–Crippen MR) is 83.8 cm³/mol. The Morgan fingerprint density at radius 1 is 1.30 bits per heavy atom. The van der Waals surface area contributed by atoms with Crippen molar-refractivity contribution in [3.8, 4) is 0 Å². The highest BCUT2D eigenvalue weighted by molar-refractivity contribution is 7.99. The molecular weight excluding hydrogens is 270 g/mol. The van der Waals surface area contributed by atoms with Crippen LogP contribution >= 0.6 is 11.8 Å². The van der Waals surface area contributed by atoms with Crippen molar-refractivity contribution in [2.24, 2.45) is 5.73 Å². The lowest BCUT2D eigenvalue weighted by molar-refractivity contribution is -0.122. The van der Waals surface area contributed by atoms with Gasteiger partial charge in [-0.25, -0.2) is 0 Å². The van der Waals surface area contributed by atoms with Crippen LogP contribution in [0.25, 0.3) is 0 Å². The Kier molecular flexibility index (Phi) is 6.36. The molecule has 1 aliphatic rings. The van der Waals surface area contributed by atoms with Crippen LogP contribution in [0, 0.1) is 0 Å². The first-order valence-corrected chi connectivity index (χ1v) is 8.15. The average Bonchev–Trinajstić information content (AvgIpc) is 2.47. The monoisotopic (exact) mass is 293 g/mol. The van der Waals surface area contributed by atoms with Crippen LogP contribution in [-0.2, 0) is 4.79 Å². The van der Waals surface area contributed by atoms with Crippen LogP contribution in [0.15, 0.2) is 35.2 Å². The van der Waals surface area contributed by atoms with Crippen molar-refractivity contribution in [2.45, 2.75) is 23.8 Å². The van der Waals surface area contributed by atoms with E-state index < -0.39 is 0 Å². The van der Waals surface area contributed by atoms with Crippen LogP contribution in [-0.4, -0.2) is 48.8 Å². The Labute approximate surface area is 125 Å². The minimum absolute atomic E-state index is 0.120. The number of piperidine rings is 1. The van der Waals surface area contributed by atoms with E-state index in [2.05, 4.69) is 22.3 Å². The van der Waals surface area contributed by atoms with E-state index in [9.17, 15) is 4.79 Å². The molecule has 0 bridgehead atoms. The Bertz CT molecular complexity index is 405. The highest BCUT2D eigenvalue weighted by Crippen LogP contribution is 2.15. The maximum Gasteiger partial charge on any atom is 0.234 e. The van der Waals surface area contributed by atoms with E-state index in [0.29, 0.717) is 19.1 Å². The molecule has 1 aliphatic heterocycles. The van der Waals surface area contributed by atoms with Crippen molar-refractivity contribution < 1.29 is 4.79 Å². The molecule has 0 saturated carbocycles. The molecule has 110 valence electrons. The van der Waals surface area contributed by atoms with E-state index >= 15 is 0 Å². The molecule has 1 amide bonds. The maximum atomic E-state index is 11.8. The molecule has 0 spiro atoms. The zero-order valence-corrected chi connectivity index (χ0v) is 12.6. The fourth-order valence-corrected chi connectivity index (χ4v) is 3.04. The van der Waals surface area contributed by atoms with Gasteiger partial charge < -0.3 is 11.1 Å². The highest BCUT2D eigenvalue weighted by atomic mass is 32.2. The molecule has 3 N–H and O–H groups in total. The first-order valence-electron chi connectivity index (χ1n) is 7.16. The molecule has 5 heteroatoms. The molecule has 4 nitrogen and oxygen atoms in total. The maximum absolute atomic E-state index is 11.8. The topological polar surface area (TPSA) is 58.4 Å². The third-order valence-electron chi connectivity index (χ3n) is 3.44. The molecule has 0 atom stereocenters. The van der Waals surface area contributed by atoms with Crippen molar-refractivity contribution in [1.82, 2.24) is 10.2 Å². The van der Waals surface area contributed by atoms with Crippen LogP contribution in [0.3, 0.4) is 0 Å². The Balaban J connectivity index is 1.56. The Hall–Kier alpha value is -1.04. The first kappa shape index (κ1) is 15.4. The molecule has 1 aromatic rings. The van der Waals surface area contributed by atoms with Crippen LogP contribution in [0.2, 0.25) is 0 Å². The molecule has 1 aromatic carbocycles. The molecular formula is C15H23N3OS. The number of nitrogens with zero attached hydrogens (tertiary/aromatic N) is 1. The molecule has 0 aliphatic carbocycles. The number of carbonyl (C=O) groups excluding carboxylic acids is 1. The van der Waals surface area contributed by atoms with Crippen LogP contribution in [0.4, 0.5) is 0 Å². The number of benzene rings is 1. The summed E-state index contributed by atoms with van der Waals surface area (Å²) >= 11 is 1.76. The normalized spacial score (nSPS) is 17.1. The number of hydrogen-bond donors (Lipinski definition) is 2. The van der Waals surface area contributed by atoms with Crippen molar-refractivity contribution in [1.29, 1.82) is 0 Å². The number of amides is 1. The SMILES string of the molecule is NC1CCN(CC(=O)NCCSc2ccccc2)CC1. The van der Waals surface area contributed by atoms with Gasteiger partial charge in [-0.15, -0.1) is 11.8 Å². The van der Waals surface area contributed by atoms with Gasteiger partial charge in [0.2, 0.25) is 5.91 Å². The zero-order valence-electron chi connectivity index (χ0n) is 11.8. The van der Waals surface area contributed by atoms with Crippen molar-refractivity contribution in [3.63, 3.8) is 0 Å². The fourth-order valence-electron chi connectivity index (χ4n) is 2.25. The molecule has 1 fully saturated rings. The number of nitrogens with two attached hydrogens (primary N) is 1. The van der Waals surface area contributed by atoms with Gasteiger partial charge in [0, 0.05) is 36.3 Å². The van der Waals surface area contributed by atoms with Crippen molar-refractivity contribution in [2.75, 3.05) is 31.9 Å². The van der Waals surface area contributed by atoms with E-state index in [1.807, 2.05) is 18.2 Å². The van der Waals surface area contributed by atoms with Gasteiger partial charge in [-0.3, -0.25) is 9.69 Å². The predicted octanol–water partition coefficient (Wildman–Crippen LogP) is 1.32. The highest BCUT2D eigenvalue weighted by Gasteiger charge is 2.17. The second-order valence-corrected chi connectivity index (χ2v) is 6.29. The summed E-state index contributed by atoms with van der Waals surface area (Å²) in [6, 6.07) is 10.6.